The Morgan fingerprint density at radius 2 is 1.97 bits per heavy atom. The first-order chi connectivity index (χ1) is 17.8. The number of benzene rings is 2. The Morgan fingerprint density at radius 3 is 2.59 bits per heavy atom. The average molecular weight is 533 g/mol. The van der Waals surface area contributed by atoms with Gasteiger partial charge < -0.3 is 14.8 Å². The number of aromatic amines is 1. The van der Waals surface area contributed by atoms with Gasteiger partial charge in [-0.05, 0) is 37.1 Å². The molecule has 5 rings (SSSR count). The second kappa shape index (κ2) is 10.4. The molecule has 1 fully saturated rings. The molecule has 1 aliphatic rings. The highest BCUT2D eigenvalue weighted by Gasteiger charge is 2.30. The Bertz CT molecular complexity index is 1420. The number of halogens is 3. The molecule has 0 aliphatic heterocycles. The molecule has 2 heterocycles. The Morgan fingerprint density at radius 1 is 1.19 bits per heavy atom. The van der Waals surface area contributed by atoms with E-state index < -0.39 is 17.5 Å². The summed E-state index contributed by atoms with van der Waals surface area (Å²) >= 11 is 1.38. The first kappa shape index (κ1) is 25.0. The van der Waals surface area contributed by atoms with Crippen LogP contribution in [0.1, 0.15) is 35.4 Å². The van der Waals surface area contributed by atoms with Crippen molar-refractivity contribution in [3.63, 3.8) is 0 Å². The van der Waals surface area contributed by atoms with Crippen LogP contribution in [0.25, 0.3) is 22.0 Å². The second-order valence-electron chi connectivity index (χ2n) is 8.57. The van der Waals surface area contributed by atoms with Gasteiger partial charge in [-0.3, -0.25) is 9.51 Å². The minimum Gasteiger partial charge on any atom is -0.496 e. The first-order valence-electron chi connectivity index (χ1n) is 11.6. The first-order valence-corrected chi connectivity index (χ1v) is 12.4. The van der Waals surface area contributed by atoms with E-state index in [2.05, 4.69) is 20.0 Å². The van der Waals surface area contributed by atoms with E-state index in [0.717, 1.165) is 35.5 Å². The van der Waals surface area contributed by atoms with E-state index in [1.54, 1.807) is 18.2 Å². The van der Waals surface area contributed by atoms with Gasteiger partial charge in [0.25, 0.3) is 0 Å². The molecule has 2 aromatic carbocycles. The van der Waals surface area contributed by atoms with Crippen molar-refractivity contribution in [2.75, 3.05) is 7.11 Å². The van der Waals surface area contributed by atoms with Crippen LogP contribution in [0.3, 0.4) is 0 Å². The van der Waals surface area contributed by atoms with E-state index in [0.29, 0.717) is 40.2 Å². The van der Waals surface area contributed by atoms with Gasteiger partial charge in [0.2, 0.25) is 0 Å². The number of ether oxygens (including phenoxy) is 2. The van der Waals surface area contributed by atoms with Gasteiger partial charge in [-0.2, -0.15) is 13.2 Å². The molecule has 4 aromatic rings. The zero-order chi connectivity index (χ0) is 26.0. The maximum atomic E-state index is 13.0. The standard InChI is InChI=1S/C25H23F3N4O4S/c1-34-20-11-17(9-10-18(20)22-31-24(33)36-32-22)35-13-21-19(12-29-16-3-2-4-16)30-23(37-21)14-5-7-15(8-6-14)25(26,27)28/h5-11,16,29H,2-4,12-13H2,1H3,(H,31,32,33). The molecule has 2 N–H and O–H groups in total. The van der Waals surface area contributed by atoms with Gasteiger partial charge in [-0.25, -0.2) is 9.78 Å². The lowest BCUT2D eigenvalue weighted by atomic mass is 9.93. The highest BCUT2D eigenvalue weighted by Crippen LogP contribution is 2.35. The average Bonchev–Trinajstić information content (AvgIpc) is 3.47. The number of thiazole rings is 1. The fourth-order valence-corrected chi connectivity index (χ4v) is 4.86. The zero-order valence-corrected chi connectivity index (χ0v) is 20.5. The molecule has 12 heteroatoms. The lowest BCUT2D eigenvalue weighted by molar-refractivity contribution is -0.137. The number of methoxy groups -OCH3 is 1. The summed E-state index contributed by atoms with van der Waals surface area (Å²) in [7, 11) is 1.49. The van der Waals surface area contributed by atoms with Gasteiger partial charge in [0.1, 0.15) is 23.1 Å². The van der Waals surface area contributed by atoms with E-state index in [-0.39, 0.29) is 12.4 Å². The van der Waals surface area contributed by atoms with Crippen molar-refractivity contribution >= 4 is 11.3 Å². The molecule has 2 aromatic heterocycles. The minimum atomic E-state index is -4.39. The Kier molecular flexibility index (Phi) is 7.02. The van der Waals surface area contributed by atoms with E-state index >= 15 is 0 Å². The van der Waals surface area contributed by atoms with Crippen molar-refractivity contribution < 1.29 is 27.2 Å². The summed E-state index contributed by atoms with van der Waals surface area (Å²) in [5, 5.41) is 7.80. The molecule has 0 saturated heterocycles. The van der Waals surface area contributed by atoms with E-state index in [1.165, 1.54) is 37.0 Å². The van der Waals surface area contributed by atoms with Crippen LogP contribution in [-0.2, 0) is 19.3 Å². The van der Waals surface area contributed by atoms with Gasteiger partial charge in [-0.1, -0.05) is 23.7 Å². The normalized spacial score (nSPS) is 13.9. The monoisotopic (exact) mass is 532 g/mol. The third-order valence-corrected chi connectivity index (χ3v) is 7.26. The van der Waals surface area contributed by atoms with Crippen LogP contribution >= 0.6 is 11.3 Å². The molecule has 1 aliphatic carbocycles. The molecule has 0 radical (unpaired) electrons. The number of rotatable bonds is 9. The van der Waals surface area contributed by atoms with Crippen LogP contribution < -0.4 is 20.5 Å². The molecule has 0 bridgehead atoms. The van der Waals surface area contributed by atoms with Crippen molar-refractivity contribution in [3.8, 4) is 33.5 Å². The molecule has 37 heavy (non-hydrogen) atoms. The van der Waals surface area contributed by atoms with Gasteiger partial charge in [0.15, 0.2) is 5.82 Å². The van der Waals surface area contributed by atoms with Gasteiger partial charge in [-0.15, -0.1) is 11.3 Å². The number of H-pyrrole nitrogens is 1. The molecule has 0 unspecified atom stereocenters. The minimum absolute atomic E-state index is 0.212. The summed E-state index contributed by atoms with van der Waals surface area (Å²) < 4.78 is 54.9. The number of hydrogen-bond donors (Lipinski definition) is 2. The third-order valence-electron chi connectivity index (χ3n) is 6.14. The summed E-state index contributed by atoms with van der Waals surface area (Å²) in [6.45, 7) is 0.756. The summed E-state index contributed by atoms with van der Waals surface area (Å²) in [6, 6.07) is 10.5. The second-order valence-corrected chi connectivity index (χ2v) is 9.65. The highest BCUT2D eigenvalue weighted by molar-refractivity contribution is 7.15. The van der Waals surface area contributed by atoms with Crippen LogP contribution in [-0.4, -0.2) is 28.3 Å². The maximum Gasteiger partial charge on any atom is 0.439 e. The fourth-order valence-electron chi connectivity index (χ4n) is 3.86. The predicted octanol–water partition coefficient (Wildman–Crippen LogP) is 5.40. The molecular weight excluding hydrogens is 509 g/mol. The molecule has 194 valence electrons. The zero-order valence-electron chi connectivity index (χ0n) is 19.7. The predicted molar refractivity (Wildman–Crippen MR) is 130 cm³/mol. The topological polar surface area (TPSA) is 102 Å². The molecular formula is C25H23F3N4O4S. The summed E-state index contributed by atoms with van der Waals surface area (Å²) in [4.78, 5) is 19.4. The molecule has 0 spiro atoms. The lowest BCUT2D eigenvalue weighted by Gasteiger charge is -2.26. The SMILES string of the molecule is COc1cc(OCc2sc(-c3ccc(C(F)(F)F)cc3)nc2CNC2CCC2)ccc1-c1noc(=O)[nH]1. The van der Waals surface area contributed by atoms with E-state index in [4.69, 9.17) is 14.5 Å². The van der Waals surface area contributed by atoms with Crippen LogP contribution in [0.5, 0.6) is 11.5 Å². The summed E-state index contributed by atoms with van der Waals surface area (Å²) in [5.74, 6) is 0.522. The lowest BCUT2D eigenvalue weighted by Crippen LogP contribution is -2.34. The van der Waals surface area contributed by atoms with E-state index in [1.807, 2.05) is 0 Å². The smallest absolute Gasteiger partial charge is 0.439 e. The van der Waals surface area contributed by atoms with Crippen LogP contribution in [0.2, 0.25) is 0 Å². The van der Waals surface area contributed by atoms with Gasteiger partial charge in [0, 0.05) is 24.2 Å². The maximum absolute atomic E-state index is 13.0. The largest absolute Gasteiger partial charge is 0.496 e. The Labute approximate surface area is 213 Å². The fraction of sp³-hybridized carbons (Fsp3) is 0.320. The Balaban J connectivity index is 1.36. The number of hydrogen-bond acceptors (Lipinski definition) is 8. The van der Waals surface area contributed by atoms with Crippen molar-refractivity contribution in [1.29, 1.82) is 0 Å². The van der Waals surface area contributed by atoms with Crippen LogP contribution in [0.15, 0.2) is 51.8 Å². The molecule has 0 atom stereocenters. The number of nitrogens with one attached hydrogen (secondary N) is 2. The van der Waals surface area contributed by atoms with Crippen LogP contribution in [0.4, 0.5) is 13.2 Å². The quantitative estimate of drug-likeness (QED) is 0.298. The van der Waals surface area contributed by atoms with Gasteiger partial charge in [0.05, 0.1) is 28.8 Å². The van der Waals surface area contributed by atoms with Crippen molar-refractivity contribution in [2.45, 2.75) is 44.6 Å². The van der Waals surface area contributed by atoms with Gasteiger partial charge >= 0.3 is 11.9 Å². The molecule has 1 saturated carbocycles. The third kappa shape index (κ3) is 5.70. The number of aromatic nitrogens is 3. The highest BCUT2D eigenvalue weighted by atomic mass is 32.1. The Hall–Kier alpha value is -3.64. The van der Waals surface area contributed by atoms with Crippen molar-refractivity contribution in [3.05, 3.63) is 69.1 Å². The van der Waals surface area contributed by atoms with Crippen molar-refractivity contribution in [1.82, 2.24) is 20.4 Å². The summed E-state index contributed by atoms with van der Waals surface area (Å²) in [5.41, 5.74) is 1.25. The van der Waals surface area contributed by atoms with Crippen molar-refractivity contribution in [2.24, 2.45) is 0 Å². The molecule has 0 amide bonds. The summed E-state index contributed by atoms with van der Waals surface area (Å²) in [6.07, 6.45) is -0.964. The number of nitrogens with zero attached hydrogens (tertiary/aromatic N) is 2. The van der Waals surface area contributed by atoms with E-state index in [9.17, 15) is 18.0 Å². The van der Waals surface area contributed by atoms with Crippen LogP contribution in [0, 0.1) is 0 Å². The molecule has 8 nitrogen and oxygen atoms in total. The number of alkyl halides is 3.